The molecule has 4 nitrogen and oxygen atoms in total. The number of rotatable bonds is 14. The fourth-order valence-corrected chi connectivity index (χ4v) is 7.20. The van der Waals surface area contributed by atoms with Crippen molar-refractivity contribution in [3.05, 3.63) is 0 Å². The summed E-state index contributed by atoms with van der Waals surface area (Å²) in [4.78, 5) is 0. The topological polar surface area (TPSA) is 36.9 Å². The second kappa shape index (κ2) is 12.6. The molecule has 9 heteroatoms. The van der Waals surface area contributed by atoms with Crippen molar-refractivity contribution in [3.63, 3.8) is 0 Å². The predicted octanol–water partition coefficient (Wildman–Crippen LogP) is 5.04. The van der Waals surface area contributed by atoms with E-state index in [1.54, 1.807) is 0 Å². The average Bonchev–Trinajstić information content (AvgIpc) is 2.38. The maximum absolute atomic E-state index is 5.90. The third-order valence-electron chi connectivity index (χ3n) is 2.57. The van der Waals surface area contributed by atoms with Crippen molar-refractivity contribution in [2.75, 3.05) is 19.8 Å². The van der Waals surface area contributed by atoms with Gasteiger partial charge in [0.2, 0.25) is 0 Å². The molecule has 0 amide bonds. The van der Waals surface area contributed by atoms with Gasteiger partial charge in [0.05, 0.1) is 0 Å². The zero-order chi connectivity index (χ0) is 16.2. The van der Waals surface area contributed by atoms with E-state index in [1.807, 2.05) is 0 Å². The molecule has 0 fully saturated rings. The summed E-state index contributed by atoms with van der Waals surface area (Å²) in [6.45, 7) is 7.68. The number of unbranched alkanes of at least 4 members (excludes halogenated alkanes) is 3. The molecule has 0 aromatic carbocycles. The van der Waals surface area contributed by atoms with E-state index in [0.29, 0.717) is 19.8 Å². The first-order chi connectivity index (χ1) is 9.89. The Bertz CT molecular complexity index is 229. The van der Waals surface area contributed by atoms with Crippen LogP contribution in [0.5, 0.6) is 0 Å². The van der Waals surface area contributed by atoms with Crippen LogP contribution in [0.1, 0.15) is 59.3 Å². The van der Waals surface area contributed by atoms with E-state index < -0.39 is 15.3 Å². The van der Waals surface area contributed by atoms with E-state index in [-0.39, 0.29) is 0 Å². The minimum Gasteiger partial charge on any atom is -0.356 e. The normalized spacial score (nSPS) is 12.9. The molecule has 0 saturated heterocycles. The Morgan fingerprint density at radius 1 is 0.667 bits per heavy atom. The van der Waals surface area contributed by atoms with Crippen molar-refractivity contribution in [2.24, 2.45) is 0 Å². The van der Waals surface area contributed by atoms with Gasteiger partial charge in [0.15, 0.2) is 0 Å². The van der Waals surface area contributed by atoms with Gasteiger partial charge in [-0.05, 0) is 19.3 Å². The second-order valence-electron chi connectivity index (χ2n) is 4.65. The largest absolute Gasteiger partial charge is 0.671 e. The van der Waals surface area contributed by atoms with Gasteiger partial charge in [-0.2, -0.15) is 0 Å². The fourth-order valence-electron chi connectivity index (χ4n) is 1.38. The van der Waals surface area contributed by atoms with E-state index in [4.69, 9.17) is 50.6 Å². The van der Waals surface area contributed by atoms with Gasteiger partial charge in [0, 0.05) is 19.8 Å². The Hall–Kier alpha value is 1.14. The lowest BCUT2D eigenvalue weighted by Crippen LogP contribution is -2.53. The first-order valence-electron chi connectivity index (χ1n) is 7.57. The van der Waals surface area contributed by atoms with Crippen LogP contribution in [-0.4, -0.2) is 35.1 Å². The number of halogens is 3. The van der Waals surface area contributed by atoms with Crippen LogP contribution in [0.3, 0.4) is 0 Å². The van der Waals surface area contributed by atoms with Crippen molar-refractivity contribution in [1.82, 2.24) is 0 Å². The number of hydrogen-bond donors (Lipinski definition) is 0. The molecule has 0 aromatic rings. The van der Waals surface area contributed by atoms with Crippen LogP contribution in [0.25, 0.3) is 0 Å². The van der Waals surface area contributed by atoms with Gasteiger partial charge in [-0.1, -0.05) is 73.3 Å². The SMILES string of the molecule is CCCCO[Si](OCCCC)(OCCCC)O[Si](Cl)(Cl)Cl. The van der Waals surface area contributed by atoms with Crippen LogP contribution < -0.4 is 0 Å². The van der Waals surface area contributed by atoms with Gasteiger partial charge < -0.3 is 17.4 Å². The quantitative estimate of drug-likeness (QED) is 0.234. The third-order valence-corrected chi connectivity index (χ3v) is 8.25. The van der Waals surface area contributed by atoms with Crippen LogP contribution in [0.2, 0.25) is 0 Å². The van der Waals surface area contributed by atoms with Gasteiger partial charge in [0.1, 0.15) is 0 Å². The van der Waals surface area contributed by atoms with Crippen molar-refractivity contribution < 1.29 is 17.4 Å². The van der Waals surface area contributed by atoms with Crippen molar-refractivity contribution in [2.45, 2.75) is 59.3 Å². The molecule has 0 rings (SSSR count). The van der Waals surface area contributed by atoms with E-state index >= 15 is 0 Å². The smallest absolute Gasteiger partial charge is 0.356 e. The zero-order valence-corrected chi connectivity index (χ0v) is 17.4. The average molecular weight is 398 g/mol. The van der Waals surface area contributed by atoms with E-state index in [2.05, 4.69) is 20.8 Å². The van der Waals surface area contributed by atoms with Gasteiger partial charge >= 0.3 is 15.3 Å². The van der Waals surface area contributed by atoms with Crippen LogP contribution >= 0.6 is 33.2 Å². The first kappa shape index (κ1) is 22.1. The molecular weight excluding hydrogens is 371 g/mol. The lowest BCUT2D eigenvalue weighted by molar-refractivity contribution is -0.00121. The van der Waals surface area contributed by atoms with Gasteiger partial charge in [-0.3, -0.25) is 0 Å². The van der Waals surface area contributed by atoms with E-state index in [9.17, 15) is 0 Å². The molecule has 0 aliphatic carbocycles. The fraction of sp³-hybridized carbons (Fsp3) is 1.00. The first-order valence-corrected chi connectivity index (χ1v) is 14.2. The summed E-state index contributed by atoms with van der Waals surface area (Å²) in [6.07, 6.45) is 2.28. The Morgan fingerprint density at radius 2 is 1.00 bits per heavy atom. The molecule has 128 valence electrons. The standard InChI is InChI=1S/C12H27Cl3O4Si2/c1-4-7-10-16-21(17-11-8-5-2,18-12-9-6-3)19-20(13,14)15/h4-12H2,1-3H3. The molecule has 21 heavy (non-hydrogen) atoms. The highest BCUT2D eigenvalue weighted by Gasteiger charge is 2.52. The molecule has 0 spiro atoms. The van der Waals surface area contributed by atoms with Crippen LogP contribution in [0, 0.1) is 0 Å². The summed E-state index contributed by atoms with van der Waals surface area (Å²) < 4.78 is 23.0. The minimum atomic E-state index is -3.38. The molecule has 0 N–H and O–H groups in total. The zero-order valence-electron chi connectivity index (χ0n) is 13.1. The molecule has 0 aliphatic rings. The lowest BCUT2D eigenvalue weighted by atomic mass is 10.4. The monoisotopic (exact) mass is 396 g/mol. The number of hydrogen-bond acceptors (Lipinski definition) is 4. The van der Waals surface area contributed by atoms with Crippen molar-refractivity contribution >= 4 is 48.5 Å². The molecule has 0 heterocycles. The summed E-state index contributed by atoms with van der Waals surface area (Å²) in [5, 5.41) is 0. The highest BCUT2D eigenvalue weighted by Crippen LogP contribution is 2.28. The Morgan fingerprint density at radius 3 is 1.24 bits per heavy atom. The molecular formula is C12H27Cl3O4Si2. The van der Waals surface area contributed by atoms with Crippen LogP contribution in [0.15, 0.2) is 0 Å². The maximum atomic E-state index is 5.90. The molecule has 0 radical (unpaired) electrons. The molecule has 0 aliphatic heterocycles. The van der Waals surface area contributed by atoms with Gasteiger partial charge in [-0.25, -0.2) is 0 Å². The third kappa shape index (κ3) is 12.3. The Balaban J connectivity index is 4.78. The summed E-state index contributed by atoms with van der Waals surface area (Å²) >= 11 is 17.7. The van der Waals surface area contributed by atoms with Crippen LogP contribution in [-0.2, 0) is 17.4 Å². The highest BCUT2D eigenvalue weighted by atomic mass is 35.8. The lowest BCUT2D eigenvalue weighted by Gasteiger charge is -2.30. The summed E-state index contributed by atoms with van der Waals surface area (Å²) in [6, 6.07) is 0. The summed E-state index contributed by atoms with van der Waals surface area (Å²) in [7, 11) is -3.38. The maximum Gasteiger partial charge on any atom is 0.671 e. The summed E-state index contributed by atoms with van der Waals surface area (Å²) in [5.74, 6) is 0. The van der Waals surface area contributed by atoms with Crippen LogP contribution in [0.4, 0.5) is 0 Å². The molecule has 0 atom stereocenters. The van der Waals surface area contributed by atoms with E-state index in [1.165, 1.54) is 0 Å². The van der Waals surface area contributed by atoms with Crippen molar-refractivity contribution in [3.8, 4) is 0 Å². The second-order valence-corrected chi connectivity index (χ2v) is 14.8. The van der Waals surface area contributed by atoms with Gasteiger partial charge in [0.25, 0.3) is 0 Å². The highest BCUT2D eigenvalue weighted by molar-refractivity contribution is 7.62. The minimum absolute atomic E-state index is 0.482. The van der Waals surface area contributed by atoms with Crippen molar-refractivity contribution in [1.29, 1.82) is 0 Å². The molecule has 0 unspecified atom stereocenters. The Labute approximate surface area is 145 Å². The van der Waals surface area contributed by atoms with E-state index in [0.717, 1.165) is 38.5 Å². The summed E-state index contributed by atoms with van der Waals surface area (Å²) in [5.41, 5.74) is 0. The van der Waals surface area contributed by atoms with Gasteiger partial charge in [-0.15, -0.1) is 0 Å². The molecule has 0 saturated carbocycles. The predicted molar refractivity (Wildman–Crippen MR) is 92.7 cm³/mol. The molecule has 0 bridgehead atoms. The Kier molecular flexibility index (Phi) is 13.2. The molecule has 0 aromatic heterocycles.